The minimum absolute atomic E-state index is 2.38. The third-order valence-electron chi connectivity index (χ3n) is 2.26. The van der Waals surface area contributed by atoms with Gasteiger partial charge in [-0.1, -0.05) is 0 Å². The van der Waals surface area contributed by atoms with Crippen LogP contribution >= 0.6 is 11.9 Å². The zero-order valence-corrected chi connectivity index (χ0v) is 10.4. The van der Waals surface area contributed by atoms with Gasteiger partial charge in [-0.05, 0) is 0 Å². The molecule has 0 aliphatic heterocycles. The van der Waals surface area contributed by atoms with Crippen LogP contribution < -0.4 is 0 Å². The summed E-state index contributed by atoms with van der Waals surface area (Å²) in [6.45, 7) is 0. The Kier molecular flexibility index (Phi) is 5.17. The number of carbonyl (C=O) groups excluding carboxylic acids is 1. The van der Waals surface area contributed by atoms with E-state index in [1.165, 1.54) is 0 Å². The molecule has 0 atom stereocenters. The van der Waals surface area contributed by atoms with Crippen LogP contribution in [-0.4, -0.2) is 41.8 Å². The second-order valence-electron chi connectivity index (χ2n) is 3.73. The Bertz CT molecular complexity index is 467. The second kappa shape index (κ2) is 5.44. The van der Waals surface area contributed by atoms with Crippen LogP contribution in [0.5, 0.6) is 0 Å². The van der Waals surface area contributed by atoms with Gasteiger partial charge in [-0.3, -0.25) is 0 Å². The zero-order valence-electron chi connectivity index (χ0n) is 9.61. The first kappa shape index (κ1) is 21.9. The highest BCUT2D eigenvalue weighted by atomic mass is 35.5. The molecule has 0 fully saturated rings. The smallest absolute Gasteiger partial charge is 0.342 e. The van der Waals surface area contributed by atoms with E-state index in [2.05, 4.69) is 16.2 Å². The van der Waals surface area contributed by atoms with Crippen molar-refractivity contribution in [2.45, 2.75) is 35.8 Å². The molecule has 2 nitrogen and oxygen atoms in total. The molecule has 23 heavy (non-hydrogen) atoms. The molecule has 0 aromatic heterocycles. The minimum atomic E-state index is -8.07. The van der Waals surface area contributed by atoms with Crippen LogP contribution in [0.25, 0.3) is 0 Å². The zero-order chi connectivity index (χ0) is 19.3. The predicted molar refractivity (Wildman–Crippen MR) is 42.7 cm³/mol. The van der Waals surface area contributed by atoms with Gasteiger partial charge in [0.2, 0.25) is 0 Å². The van der Waals surface area contributed by atoms with E-state index >= 15 is 0 Å². The van der Waals surface area contributed by atoms with Gasteiger partial charge >= 0.3 is 41.8 Å². The first-order valence-corrected chi connectivity index (χ1v) is 4.83. The Morgan fingerprint density at radius 1 is 0.609 bits per heavy atom. The highest BCUT2D eigenvalue weighted by molar-refractivity contribution is 6.14. The van der Waals surface area contributed by atoms with Crippen LogP contribution in [0.2, 0.25) is 0 Å². The molecule has 0 bridgehead atoms. The molecule has 138 valence electrons. The largest absolute Gasteiger partial charge is 0.460 e. The van der Waals surface area contributed by atoms with Gasteiger partial charge in [0.1, 0.15) is 11.9 Å². The van der Waals surface area contributed by atoms with Crippen LogP contribution in [0.15, 0.2) is 0 Å². The summed E-state index contributed by atoms with van der Waals surface area (Å²) in [4.78, 5) is 10.1. The first-order valence-electron chi connectivity index (χ1n) is 4.52. The average Bonchev–Trinajstić information content (AvgIpc) is 2.35. The molecular weight excluding hydrogens is 399 g/mol. The van der Waals surface area contributed by atoms with Crippen LogP contribution in [0, 0.1) is 0 Å². The molecule has 16 heteroatoms. The van der Waals surface area contributed by atoms with E-state index in [4.69, 9.17) is 0 Å². The Balaban J connectivity index is 6.30. The van der Waals surface area contributed by atoms with E-state index in [0.29, 0.717) is 0 Å². The summed E-state index contributed by atoms with van der Waals surface area (Å²) in [6, 6.07) is 0. The molecule has 0 saturated heterocycles. The topological polar surface area (TPSA) is 26.3 Å². The van der Waals surface area contributed by atoms with Gasteiger partial charge in [0.15, 0.2) is 0 Å². The van der Waals surface area contributed by atoms with E-state index in [0.717, 1.165) is 0 Å². The lowest BCUT2D eigenvalue weighted by Crippen LogP contribution is -2.71. The molecule has 0 rings (SSSR count). The van der Waals surface area contributed by atoms with Gasteiger partial charge in [0, 0.05) is 0 Å². The fraction of sp³-hybridized carbons (Fsp3) is 0.857. The molecule has 0 radical (unpaired) electrons. The monoisotopic (exact) mass is 398 g/mol. The Morgan fingerprint density at radius 3 is 1.17 bits per heavy atom. The van der Waals surface area contributed by atoms with Gasteiger partial charge < -0.3 is 4.29 Å². The van der Waals surface area contributed by atoms with Crippen molar-refractivity contribution in [2.24, 2.45) is 0 Å². The third-order valence-corrected chi connectivity index (χ3v) is 2.40. The lowest BCUT2D eigenvalue weighted by Gasteiger charge is -2.38. The Morgan fingerprint density at radius 2 is 0.913 bits per heavy atom. The molecule has 0 aliphatic rings. The summed E-state index contributed by atoms with van der Waals surface area (Å²) in [5, 5.41) is 0. The number of hydrogen-bond acceptors (Lipinski definition) is 2. The molecule has 0 N–H and O–H groups in total. The van der Waals surface area contributed by atoms with Crippen LogP contribution in [0.3, 0.4) is 0 Å². The quantitative estimate of drug-likeness (QED) is 0.641. The van der Waals surface area contributed by atoms with Crippen molar-refractivity contribution in [3.8, 4) is 0 Å². The van der Waals surface area contributed by atoms with Gasteiger partial charge in [-0.2, -0.15) is 57.1 Å². The lowest BCUT2D eigenvalue weighted by atomic mass is 9.94. The summed E-state index contributed by atoms with van der Waals surface area (Å²) < 4.78 is 164. The summed E-state index contributed by atoms with van der Waals surface area (Å²) in [5.74, 6) is -42.5. The van der Waals surface area contributed by atoms with Crippen molar-refractivity contribution in [3.05, 3.63) is 0 Å². The minimum Gasteiger partial charge on any atom is -0.342 e. The summed E-state index contributed by atoms with van der Waals surface area (Å²) in [7, 11) is 0. The highest BCUT2D eigenvalue weighted by Gasteiger charge is 2.92. The van der Waals surface area contributed by atoms with E-state index in [9.17, 15) is 61.9 Å². The number of alkyl halides is 13. The molecule has 0 unspecified atom stereocenters. The fourth-order valence-corrected chi connectivity index (χ4v) is 1.04. The van der Waals surface area contributed by atoms with E-state index < -0.39 is 41.8 Å². The SMILES string of the molecule is O=C(OCl)C(F)(F)C(F)(F)C(F)(F)C(F)(F)C(F)(F)C(F)(F)F. The average molecular weight is 399 g/mol. The normalized spacial score (nSPS) is 15.6. The molecule has 0 spiro atoms. The molecule has 0 aromatic carbocycles. The Hall–Kier alpha value is -1.15. The van der Waals surface area contributed by atoms with Crippen LogP contribution in [-0.2, 0) is 9.08 Å². The third kappa shape index (κ3) is 2.76. The number of rotatable bonds is 5. The number of carbonyl (C=O) groups is 1. The molecule has 0 amide bonds. The maximum Gasteiger partial charge on any atom is 0.460 e. The van der Waals surface area contributed by atoms with Gasteiger partial charge in [-0.15, -0.1) is 0 Å². The number of halogens is 14. The van der Waals surface area contributed by atoms with Crippen molar-refractivity contribution in [1.29, 1.82) is 0 Å². The van der Waals surface area contributed by atoms with Gasteiger partial charge in [0.05, 0.1) is 0 Å². The maximum absolute atomic E-state index is 12.8. The molecule has 0 saturated carbocycles. The van der Waals surface area contributed by atoms with Crippen molar-refractivity contribution in [2.75, 3.05) is 0 Å². The summed E-state index contributed by atoms with van der Waals surface area (Å²) in [5.41, 5.74) is 0. The first-order chi connectivity index (χ1) is 9.73. The summed E-state index contributed by atoms with van der Waals surface area (Å²) in [6.07, 6.45) is -7.52. The fourth-order valence-electron chi connectivity index (χ4n) is 0.946. The van der Waals surface area contributed by atoms with E-state index in [1.807, 2.05) is 0 Å². The Labute approximate surface area is 121 Å². The van der Waals surface area contributed by atoms with E-state index in [-0.39, 0.29) is 0 Å². The van der Waals surface area contributed by atoms with Crippen LogP contribution in [0.1, 0.15) is 0 Å². The van der Waals surface area contributed by atoms with Crippen molar-refractivity contribution >= 4 is 17.8 Å². The second-order valence-corrected chi connectivity index (χ2v) is 3.89. The van der Waals surface area contributed by atoms with E-state index in [1.54, 1.807) is 0 Å². The summed E-state index contributed by atoms with van der Waals surface area (Å²) >= 11 is 3.85. The standard InChI is InChI=1S/C7ClF13O2/c8-23-1(22)2(9,10)3(11,12)4(13,14)5(15,16)6(17,18)7(19,20)21. The molecule has 0 heterocycles. The highest BCUT2D eigenvalue weighted by Crippen LogP contribution is 2.60. The molecule has 0 aromatic rings. The van der Waals surface area contributed by atoms with Crippen molar-refractivity contribution in [1.82, 2.24) is 0 Å². The molecular formula is C7ClF13O2. The number of hydrogen-bond donors (Lipinski definition) is 0. The maximum atomic E-state index is 12.8. The van der Waals surface area contributed by atoms with Gasteiger partial charge in [-0.25, -0.2) is 4.79 Å². The molecule has 0 aliphatic carbocycles. The van der Waals surface area contributed by atoms with Crippen LogP contribution in [0.4, 0.5) is 57.1 Å². The lowest BCUT2D eigenvalue weighted by molar-refractivity contribution is -0.436. The predicted octanol–water partition coefficient (Wildman–Crippen LogP) is 4.42. The van der Waals surface area contributed by atoms with Gasteiger partial charge in [0.25, 0.3) is 0 Å². The van der Waals surface area contributed by atoms with Crippen molar-refractivity contribution in [3.63, 3.8) is 0 Å². The van der Waals surface area contributed by atoms with Crippen molar-refractivity contribution < 1.29 is 66.2 Å².